The summed E-state index contributed by atoms with van der Waals surface area (Å²) in [5, 5.41) is 2.44. The first-order chi connectivity index (χ1) is 31.3. The minimum absolute atomic E-state index is 0.560. The minimum Gasteiger partial charge on any atom is -0.310 e. The van der Waals surface area contributed by atoms with Crippen LogP contribution in [0.25, 0.3) is 72.8 Å². The summed E-state index contributed by atoms with van der Waals surface area (Å²) in [4.78, 5) is 17.4. The van der Waals surface area contributed by atoms with Gasteiger partial charge in [-0.15, -0.1) is 0 Å². The molecule has 9 aromatic carbocycles. The van der Waals surface area contributed by atoms with Gasteiger partial charge in [0.2, 0.25) is 0 Å². The molecule has 294 valence electrons. The highest BCUT2D eigenvalue weighted by Crippen LogP contribution is 2.64. The fraction of sp³-hybridized carbons (Fsp3) is 0.0172. The van der Waals surface area contributed by atoms with E-state index in [9.17, 15) is 0 Å². The second-order valence-corrected chi connectivity index (χ2v) is 16.4. The van der Waals surface area contributed by atoms with Crippen LogP contribution >= 0.6 is 0 Å². The Morgan fingerprint density at radius 3 is 1.43 bits per heavy atom. The molecule has 0 radical (unpaired) electrons. The molecule has 1 spiro atoms. The summed E-state index contributed by atoms with van der Waals surface area (Å²) in [5.41, 5.74) is 16.8. The molecule has 2 aromatic heterocycles. The predicted octanol–water partition coefficient (Wildman–Crippen LogP) is 14.1. The van der Waals surface area contributed by atoms with E-state index in [-0.39, 0.29) is 0 Å². The van der Waals surface area contributed by atoms with Gasteiger partial charge >= 0.3 is 0 Å². The molecule has 0 unspecified atom stereocenters. The lowest BCUT2D eigenvalue weighted by molar-refractivity contribution is 0.753. The number of hydrogen-bond acceptors (Lipinski definition) is 4. The summed E-state index contributed by atoms with van der Waals surface area (Å²) in [6, 6.07) is 80.5. The Morgan fingerprint density at radius 2 is 0.810 bits per heavy atom. The van der Waals surface area contributed by atoms with Gasteiger partial charge in [-0.3, -0.25) is 0 Å². The van der Waals surface area contributed by atoms with Crippen LogP contribution in [0.2, 0.25) is 0 Å². The van der Waals surface area contributed by atoms with Crippen molar-refractivity contribution in [3.8, 4) is 51.0 Å². The Hall–Kier alpha value is -8.41. The van der Waals surface area contributed by atoms with Crippen molar-refractivity contribution in [1.29, 1.82) is 0 Å². The van der Waals surface area contributed by atoms with Gasteiger partial charge in [0, 0.05) is 38.8 Å². The van der Waals surface area contributed by atoms with E-state index in [1.54, 1.807) is 0 Å². The number of fused-ring (bicyclic) bond motifs is 12. The summed E-state index contributed by atoms with van der Waals surface area (Å²) in [7, 11) is 0. The summed E-state index contributed by atoms with van der Waals surface area (Å²) in [6.45, 7) is 0. The number of hydrogen-bond donors (Lipinski definition) is 0. The van der Waals surface area contributed by atoms with Crippen LogP contribution in [-0.4, -0.2) is 19.5 Å². The van der Waals surface area contributed by atoms with Crippen molar-refractivity contribution in [2.45, 2.75) is 5.41 Å². The topological polar surface area (TPSA) is 46.8 Å². The molecule has 0 amide bonds. The van der Waals surface area contributed by atoms with Crippen molar-refractivity contribution < 1.29 is 0 Å². The van der Waals surface area contributed by atoms with Crippen LogP contribution in [0, 0.1) is 0 Å². The zero-order chi connectivity index (χ0) is 41.5. The smallest absolute Gasteiger partial charge is 0.164 e. The second-order valence-electron chi connectivity index (χ2n) is 16.4. The largest absolute Gasteiger partial charge is 0.310 e. The van der Waals surface area contributed by atoms with E-state index in [0.29, 0.717) is 17.5 Å². The van der Waals surface area contributed by atoms with Gasteiger partial charge in [-0.2, -0.15) is 0 Å². The molecule has 11 aromatic rings. The Bertz CT molecular complexity index is 3450. The van der Waals surface area contributed by atoms with Gasteiger partial charge in [-0.25, -0.2) is 15.0 Å². The van der Waals surface area contributed by atoms with Crippen LogP contribution < -0.4 is 4.90 Å². The molecule has 5 nitrogen and oxygen atoms in total. The Balaban J connectivity index is 1.03. The van der Waals surface area contributed by atoms with E-state index < -0.39 is 5.41 Å². The maximum absolute atomic E-state index is 5.03. The molecule has 5 heteroatoms. The lowest BCUT2D eigenvalue weighted by Gasteiger charge is -2.45. The van der Waals surface area contributed by atoms with Crippen molar-refractivity contribution in [2.75, 3.05) is 4.90 Å². The van der Waals surface area contributed by atoms with Crippen LogP contribution in [0.1, 0.15) is 22.3 Å². The van der Waals surface area contributed by atoms with Crippen LogP contribution in [-0.2, 0) is 5.41 Å². The van der Waals surface area contributed by atoms with Crippen molar-refractivity contribution >= 4 is 38.9 Å². The lowest BCUT2D eigenvalue weighted by atomic mass is 9.64. The lowest BCUT2D eigenvalue weighted by Crippen LogP contribution is -2.36. The number of nitrogens with zero attached hydrogens (tertiary/aromatic N) is 5. The average molecular weight is 804 g/mol. The fourth-order valence-electron chi connectivity index (χ4n) is 10.4. The molecule has 13 rings (SSSR count). The molecule has 3 heterocycles. The third kappa shape index (κ3) is 5.20. The number of rotatable bonds is 5. The van der Waals surface area contributed by atoms with E-state index >= 15 is 0 Å². The molecule has 63 heavy (non-hydrogen) atoms. The van der Waals surface area contributed by atoms with E-state index in [2.05, 4.69) is 173 Å². The summed E-state index contributed by atoms with van der Waals surface area (Å²) in [5.74, 6) is 1.92. The van der Waals surface area contributed by atoms with Crippen molar-refractivity contribution in [1.82, 2.24) is 19.5 Å². The normalized spacial score (nSPS) is 13.2. The van der Waals surface area contributed by atoms with E-state index in [1.807, 2.05) is 60.7 Å². The molecular weight excluding hydrogens is 767 g/mol. The maximum Gasteiger partial charge on any atom is 0.164 e. The first-order valence-electron chi connectivity index (χ1n) is 21.5. The van der Waals surface area contributed by atoms with Gasteiger partial charge in [-0.05, 0) is 100 Å². The van der Waals surface area contributed by atoms with Gasteiger partial charge in [0.05, 0.1) is 27.8 Å². The molecule has 2 aliphatic rings. The molecule has 0 saturated carbocycles. The number of anilines is 3. The molecule has 0 fully saturated rings. The van der Waals surface area contributed by atoms with E-state index in [0.717, 1.165) is 39.1 Å². The summed E-state index contributed by atoms with van der Waals surface area (Å²) in [6.07, 6.45) is 0. The predicted molar refractivity (Wildman–Crippen MR) is 256 cm³/mol. The molecule has 0 bridgehead atoms. The van der Waals surface area contributed by atoms with Crippen LogP contribution in [0.5, 0.6) is 0 Å². The van der Waals surface area contributed by atoms with Crippen LogP contribution in [0.4, 0.5) is 17.1 Å². The van der Waals surface area contributed by atoms with Gasteiger partial charge in [0.25, 0.3) is 0 Å². The first kappa shape index (κ1) is 35.4. The monoisotopic (exact) mass is 803 g/mol. The number of para-hydroxylation sites is 4. The summed E-state index contributed by atoms with van der Waals surface area (Å²) < 4.78 is 2.43. The highest BCUT2D eigenvalue weighted by atomic mass is 15.2. The third-order valence-electron chi connectivity index (χ3n) is 13.0. The highest BCUT2D eigenvalue weighted by molar-refractivity contribution is 6.12. The van der Waals surface area contributed by atoms with Gasteiger partial charge in [-0.1, -0.05) is 158 Å². The van der Waals surface area contributed by atoms with Gasteiger partial charge in [0.15, 0.2) is 17.5 Å². The molecule has 1 aliphatic carbocycles. The Morgan fingerprint density at radius 1 is 0.317 bits per heavy atom. The Kier molecular flexibility index (Phi) is 7.75. The quantitative estimate of drug-likeness (QED) is 0.174. The van der Waals surface area contributed by atoms with Gasteiger partial charge in [0.1, 0.15) is 0 Å². The van der Waals surface area contributed by atoms with E-state index in [1.165, 1.54) is 55.5 Å². The zero-order valence-corrected chi connectivity index (χ0v) is 34.1. The average Bonchev–Trinajstić information content (AvgIpc) is 3.84. The molecular formula is C58H37N5. The van der Waals surface area contributed by atoms with Crippen molar-refractivity contribution in [3.05, 3.63) is 247 Å². The van der Waals surface area contributed by atoms with Crippen molar-refractivity contribution in [3.63, 3.8) is 0 Å². The first-order valence-corrected chi connectivity index (χ1v) is 21.5. The molecule has 0 saturated heterocycles. The molecule has 0 atom stereocenters. The maximum atomic E-state index is 5.03. The van der Waals surface area contributed by atoms with Crippen LogP contribution in [0.15, 0.2) is 224 Å². The Labute approximate surface area is 364 Å². The SMILES string of the molecule is c1ccc(-c2nc(-c3ccccc3)nc(-c3ccc(-n4c5ccccc5c5cc6c(cc54)C4(c5ccccc5-6)c5ccccc5N(c5ccccc5)c5ccccc54)cc3)n2)cc1. The fourth-order valence-corrected chi connectivity index (χ4v) is 10.4. The number of aromatic nitrogens is 4. The standard InChI is InChI=1S/C58H37N5/c1-4-18-38(19-5-1)55-59-56(39-20-6-2-7-21-39)61-57(60-55)40-32-34-42(35-33-40)62-51-29-15-11-25-44(51)46-36-45-43-24-10-12-26-47(43)58(50(45)37-54(46)62)48-27-13-16-30-52(48)63(41-22-8-3-9-23-41)53-31-17-14-28-49(53)58/h1-37H. The number of benzene rings is 9. The third-order valence-corrected chi connectivity index (χ3v) is 13.0. The van der Waals surface area contributed by atoms with Crippen LogP contribution in [0.3, 0.4) is 0 Å². The molecule has 1 aliphatic heterocycles. The van der Waals surface area contributed by atoms with Crippen molar-refractivity contribution in [2.24, 2.45) is 0 Å². The highest BCUT2D eigenvalue weighted by Gasteiger charge is 2.52. The second kappa shape index (κ2) is 13.8. The van der Waals surface area contributed by atoms with E-state index in [4.69, 9.17) is 15.0 Å². The molecule has 0 N–H and O–H groups in total. The summed E-state index contributed by atoms with van der Waals surface area (Å²) >= 11 is 0. The van der Waals surface area contributed by atoms with Gasteiger partial charge < -0.3 is 9.47 Å². The zero-order valence-electron chi connectivity index (χ0n) is 34.1. The minimum atomic E-state index is -0.560.